The number of fused-ring (bicyclic) bond motifs is 1. The van der Waals surface area contributed by atoms with E-state index in [1.807, 2.05) is 26.8 Å². The van der Waals surface area contributed by atoms with Crippen molar-refractivity contribution in [2.24, 2.45) is 5.92 Å². The molecule has 1 aromatic carbocycles. The van der Waals surface area contributed by atoms with Crippen LogP contribution < -0.4 is 10.2 Å². The number of carbonyl (C=O) groups excluding carboxylic acids is 5. The maximum atomic E-state index is 13.2. The number of anilines is 1. The topological polar surface area (TPSA) is 120 Å². The Morgan fingerprint density at radius 2 is 1.57 bits per heavy atom. The number of ether oxygens (including phenoxy) is 1. The van der Waals surface area contributed by atoms with Crippen molar-refractivity contribution in [2.45, 2.75) is 58.1 Å². The number of carbonyl (C=O) groups is 5. The Morgan fingerprint density at radius 1 is 0.900 bits per heavy atom. The fraction of sp³-hybridized carbons (Fsp3) is 0.621. The SMILES string of the molecule is CC(C)(C)OC(=O)CN1CCC(CN2CCN(c3ccc4c(c3)C(=O)N(C3CCC(=O)NC3=O)C4=O)CC2)CC1. The number of amides is 4. The summed E-state index contributed by atoms with van der Waals surface area (Å²) in [7, 11) is 0. The van der Waals surface area contributed by atoms with Crippen LogP contribution in [0.25, 0.3) is 0 Å². The molecule has 5 rings (SSSR count). The van der Waals surface area contributed by atoms with Gasteiger partial charge in [-0.3, -0.25) is 44.0 Å². The van der Waals surface area contributed by atoms with E-state index in [9.17, 15) is 24.0 Å². The monoisotopic (exact) mass is 553 g/mol. The minimum atomic E-state index is -0.957. The number of benzene rings is 1. The van der Waals surface area contributed by atoms with E-state index in [-0.39, 0.29) is 24.7 Å². The molecule has 0 saturated carbocycles. The third kappa shape index (κ3) is 6.20. The smallest absolute Gasteiger partial charge is 0.320 e. The molecule has 4 heterocycles. The third-order valence-electron chi connectivity index (χ3n) is 8.16. The lowest BCUT2D eigenvalue weighted by molar-refractivity contribution is -0.156. The summed E-state index contributed by atoms with van der Waals surface area (Å²) in [6.07, 6.45) is 2.37. The number of hydrogen-bond acceptors (Lipinski definition) is 9. The summed E-state index contributed by atoms with van der Waals surface area (Å²) >= 11 is 0. The molecule has 0 aromatic heterocycles. The molecule has 0 spiro atoms. The van der Waals surface area contributed by atoms with E-state index >= 15 is 0 Å². The van der Waals surface area contributed by atoms with E-state index in [0.29, 0.717) is 23.6 Å². The summed E-state index contributed by atoms with van der Waals surface area (Å²) in [6, 6.07) is 4.35. The third-order valence-corrected chi connectivity index (χ3v) is 8.16. The zero-order valence-corrected chi connectivity index (χ0v) is 23.6. The van der Waals surface area contributed by atoms with Crippen LogP contribution in [0.4, 0.5) is 5.69 Å². The predicted molar refractivity (Wildman–Crippen MR) is 147 cm³/mol. The highest BCUT2D eigenvalue weighted by Crippen LogP contribution is 2.31. The molecular weight excluding hydrogens is 514 g/mol. The zero-order valence-electron chi connectivity index (χ0n) is 23.6. The van der Waals surface area contributed by atoms with E-state index in [4.69, 9.17) is 4.74 Å². The Hall–Kier alpha value is -3.31. The van der Waals surface area contributed by atoms with Crippen LogP contribution >= 0.6 is 0 Å². The van der Waals surface area contributed by atoms with Gasteiger partial charge in [-0.05, 0) is 77.2 Å². The van der Waals surface area contributed by atoms with Crippen molar-refractivity contribution in [3.63, 3.8) is 0 Å². The molecule has 4 aliphatic rings. The second-order valence-electron chi connectivity index (χ2n) is 12.3. The number of rotatable bonds is 6. The molecule has 0 aliphatic carbocycles. The van der Waals surface area contributed by atoms with Crippen molar-refractivity contribution in [1.82, 2.24) is 20.0 Å². The summed E-state index contributed by atoms with van der Waals surface area (Å²) in [6.45, 7) is 12.3. The summed E-state index contributed by atoms with van der Waals surface area (Å²) in [5.41, 5.74) is 1.04. The fourth-order valence-corrected chi connectivity index (χ4v) is 6.09. The molecule has 11 heteroatoms. The first kappa shape index (κ1) is 28.2. The van der Waals surface area contributed by atoms with Gasteiger partial charge in [0.1, 0.15) is 11.6 Å². The maximum absolute atomic E-state index is 13.2. The molecule has 1 atom stereocenters. The lowest BCUT2D eigenvalue weighted by Gasteiger charge is -2.39. The number of nitrogens with one attached hydrogen (secondary N) is 1. The van der Waals surface area contributed by atoms with Crippen LogP contribution in [0.1, 0.15) is 67.2 Å². The average Bonchev–Trinajstić information content (AvgIpc) is 3.14. The molecule has 4 amide bonds. The first-order valence-electron chi connectivity index (χ1n) is 14.3. The molecule has 1 N–H and O–H groups in total. The maximum Gasteiger partial charge on any atom is 0.320 e. The van der Waals surface area contributed by atoms with Crippen molar-refractivity contribution in [2.75, 3.05) is 57.3 Å². The van der Waals surface area contributed by atoms with Crippen molar-refractivity contribution in [3.8, 4) is 0 Å². The lowest BCUT2D eigenvalue weighted by atomic mass is 9.96. The standard InChI is InChI=1S/C29H39N5O6/c1-29(2,3)40-25(36)18-31-10-8-19(9-11-31)17-32-12-14-33(15-13-32)20-4-5-21-22(16-20)28(39)34(27(21)38)23-6-7-24(35)30-26(23)37/h4-5,16,19,23H,6-15,17-18H2,1-3H3,(H,30,35,37). The predicted octanol–water partition coefficient (Wildman–Crippen LogP) is 1.26. The van der Waals surface area contributed by atoms with Gasteiger partial charge in [0, 0.05) is 44.8 Å². The van der Waals surface area contributed by atoms with Crippen LogP contribution in [0.15, 0.2) is 18.2 Å². The van der Waals surface area contributed by atoms with Crippen LogP contribution in [0.2, 0.25) is 0 Å². The summed E-state index contributed by atoms with van der Waals surface area (Å²) < 4.78 is 5.45. The minimum absolute atomic E-state index is 0.102. The molecule has 11 nitrogen and oxygen atoms in total. The van der Waals surface area contributed by atoms with Gasteiger partial charge >= 0.3 is 5.97 Å². The minimum Gasteiger partial charge on any atom is -0.459 e. The summed E-state index contributed by atoms with van der Waals surface area (Å²) in [5.74, 6) is -1.51. The molecule has 3 saturated heterocycles. The molecule has 0 radical (unpaired) electrons. The van der Waals surface area contributed by atoms with Gasteiger partial charge in [-0.15, -0.1) is 0 Å². The Kier molecular flexibility index (Phi) is 7.96. The Balaban J connectivity index is 1.11. The highest BCUT2D eigenvalue weighted by atomic mass is 16.6. The quantitative estimate of drug-likeness (QED) is 0.410. The van der Waals surface area contributed by atoms with Crippen molar-refractivity contribution in [3.05, 3.63) is 29.3 Å². The van der Waals surface area contributed by atoms with Gasteiger partial charge in [-0.1, -0.05) is 0 Å². The molecule has 1 aromatic rings. The number of likely N-dealkylation sites (tertiary alicyclic amines) is 1. The fourth-order valence-electron chi connectivity index (χ4n) is 6.09. The van der Waals surface area contributed by atoms with Crippen molar-refractivity contribution in [1.29, 1.82) is 0 Å². The Bertz CT molecular complexity index is 1190. The van der Waals surface area contributed by atoms with Crippen molar-refractivity contribution < 1.29 is 28.7 Å². The van der Waals surface area contributed by atoms with Crippen LogP contribution in [-0.2, 0) is 19.1 Å². The van der Waals surface area contributed by atoms with E-state index in [2.05, 4.69) is 20.0 Å². The summed E-state index contributed by atoms with van der Waals surface area (Å²) in [5, 5.41) is 2.23. The van der Waals surface area contributed by atoms with Crippen LogP contribution in [0.5, 0.6) is 0 Å². The van der Waals surface area contributed by atoms with E-state index < -0.39 is 29.4 Å². The molecule has 40 heavy (non-hydrogen) atoms. The lowest BCUT2D eigenvalue weighted by Crippen LogP contribution is -2.54. The number of piperidine rings is 2. The van der Waals surface area contributed by atoms with Gasteiger partial charge < -0.3 is 9.64 Å². The van der Waals surface area contributed by atoms with Gasteiger partial charge in [0.25, 0.3) is 11.8 Å². The van der Waals surface area contributed by atoms with Gasteiger partial charge in [-0.25, -0.2) is 0 Å². The van der Waals surface area contributed by atoms with Gasteiger partial charge in [0.15, 0.2) is 0 Å². The first-order valence-corrected chi connectivity index (χ1v) is 14.3. The molecule has 0 bridgehead atoms. The second-order valence-corrected chi connectivity index (χ2v) is 12.3. The van der Waals surface area contributed by atoms with Gasteiger partial charge in [0.2, 0.25) is 11.8 Å². The number of piperazine rings is 1. The average molecular weight is 554 g/mol. The van der Waals surface area contributed by atoms with Gasteiger partial charge in [0.05, 0.1) is 17.7 Å². The molecule has 1 unspecified atom stereocenters. The van der Waals surface area contributed by atoms with Crippen LogP contribution in [0.3, 0.4) is 0 Å². The van der Waals surface area contributed by atoms with Crippen LogP contribution in [-0.4, -0.2) is 108 Å². The molecule has 216 valence electrons. The second kappa shape index (κ2) is 11.3. The van der Waals surface area contributed by atoms with E-state index in [1.54, 1.807) is 12.1 Å². The molecular formula is C29H39N5O6. The number of imide groups is 2. The first-order chi connectivity index (χ1) is 19.0. The summed E-state index contributed by atoms with van der Waals surface area (Å²) in [4.78, 5) is 70.0. The van der Waals surface area contributed by atoms with Crippen LogP contribution in [0, 0.1) is 5.92 Å². The van der Waals surface area contributed by atoms with E-state index in [0.717, 1.165) is 69.2 Å². The van der Waals surface area contributed by atoms with Crippen molar-refractivity contribution >= 4 is 35.3 Å². The highest BCUT2D eigenvalue weighted by Gasteiger charge is 2.44. The molecule has 3 fully saturated rings. The number of nitrogens with zero attached hydrogens (tertiary/aromatic N) is 4. The molecule has 4 aliphatic heterocycles. The Labute approximate surface area is 234 Å². The normalized spacial score (nSPS) is 23.4. The zero-order chi connectivity index (χ0) is 28.6. The highest BCUT2D eigenvalue weighted by molar-refractivity contribution is 6.23. The Morgan fingerprint density at radius 3 is 2.23 bits per heavy atom. The number of hydrogen-bond donors (Lipinski definition) is 1. The van der Waals surface area contributed by atoms with Gasteiger partial charge in [-0.2, -0.15) is 0 Å². The largest absolute Gasteiger partial charge is 0.459 e. The number of esters is 1. The van der Waals surface area contributed by atoms with E-state index in [1.165, 1.54) is 0 Å².